The Balaban J connectivity index is 1.41. The fourth-order valence-corrected chi connectivity index (χ4v) is 4.78. The molecule has 160 valence electrons. The largest absolute Gasteiger partial charge is 0.367 e. The summed E-state index contributed by atoms with van der Waals surface area (Å²) in [5.41, 5.74) is 1.71. The third-order valence-corrected chi connectivity index (χ3v) is 6.74. The molecule has 0 unspecified atom stereocenters. The Kier molecular flexibility index (Phi) is 6.72. The molecular formula is C22H18Cl3N3O2S. The molecule has 2 amide bonds. The van der Waals surface area contributed by atoms with Crippen molar-refractivity contribution in [1.82, 2.24) is 4.90 Å². The van der Waals surface area contributed by atoms with Gasteiger partial charge in [-0.05, 0) is 47.8 Å². The van der Waals surface area contributed by atoms with E-state index < -0.39 is 0 Å². The highest BCUT2D eigenvalue weighted by molar-refractivity contribution is 7.12. The van der Waals surface area contributed by atoms with Crippen molar-refractivity contribution in [1.29, 1.82) is 0 Å². The molecule has 0 saturated carbocycles. The molecule has 0 aliphatic carbocycles. The van der Waals surface area contributed by atoms with Crippen molar-refractivity contribution in [3.05, 3.63) is 79.4 Å². The van der Waals surface area contributed by atoms with Gasteiger partial charge in [0.05, 0.1) is 26.2 Å². The lowest BCUT2D eigenvalue weighted by atomic mass is 10.2. The van der Waals surface area contributed by atoms with Gasteiger partial charge in [0.15, 0.2) is 0 Å². The number of piperazine rings is 1. The molecule has 1 saturated heterocycles. The quantitative estimate of drug-likeness (QED) is 0.489. The van der Waals surface area contributed by atoms with Crippen molar-refractivity contribution in [3.8, 4) is 0 Å². The summed E-state index contributed by atoms with van der Waals surface area (Å²) in [6.45, 7) is 2.61. The number of hydrogen-bond acceptors (Lipinski definition) is 4. The normalized spacial score (nSPS) is 13.9. The summed E-state index contributed by atoms with van der Waals surface area (Å²) >= 11 is 20.0. The predicted octanol–water partition coefficient (Wildman–Crippen LogP) is 5.92. The minimum atomic E-state index is -0.364. The first-order chi connectivity index (χ1) is 14.9. The van der Waals surface area contributed by atoms with Crippen molar-refractivity contribution in [3.63, 3.8) is 0 Å². The van der Waals surface area contributed by atoms with Crippen LogP contribution in [0.1, 0.15) is 20.0 Å². The van der Waals surface area contributed by atoms with Gasteiger partial charge >= 0.3 is 0 Å². The van der Waals surface area contributed by atoms with Gasteiger partial charge in [0.2, 0.25) is 0 Å². The van der Waals surface area contributed by atoms with Gasteiger partial charge in [-0.25, -0.2) is 0 Å². The monoisotopic (exact) mass is 493 g/mol. The predicted molar refractivity (Wildman–Crippen MR) is 128 cm³/mol. The van der Waals surface area contributed by atoms with Crippen LogP contribution in [0.3, 0.4) is 0 Å². The maximum absolute atomic E-state index is 12.5. The number of halogens is 3. The fourth-order valence-electron chi connectivity index (χ4n) is 3.42. The first kappa shape index (κ1) is 22.0. The van der Waals surface area contributed by atoms with E-state index in [0.717, 1.165) is 10.6 Å². The van der Waals surface area contributed by atoms with Crippen LogP contribution in [0.5, 0.6) is 0 Å². The van der Waals surface area contributed by atoms with Crippen molar-refractivity contribution in [2.24, 2.45) is 0 Å². The summed E-state index contributed by atoms with van der Waals surface area (Å²) < 4.78 is 0. The summed E-state index contributed by atoms with van der Waals surface area (Å²) in [6.07, 6.45) is 0. The molecule has 0 radical (unpaired) electrons. The van der Waals surface area contributed by atoms with Crippen LogP contribution in [0.4, 0.5) is 11.4 Å². The number of thiophene rings is 1. The first-order valence-electron chi connectivity index (χ1n) is 9.56. The number of nitrogens with zero attached hydrogens (tertiary/aromatic N) is 2. The van der Waals surface area contributed by atoms with E-state index in [-0.39, 0.29) is 11.8 Å². The number of benzene rings is 2. The minimum Gasteiger partial charge on any atom is -0.367 e. The van der Waals surface area contributed by atoms with Crippen molar-refractivity contribution >= 4 is 69.3 Å². The molecule has 5 nitrogen and oxygen atoms in total. The van der Waals surface area contributed by atoms with Crippen LogP contribution in [0.15, 0.2) is 53.9 Å². The molecule has 1 N–H and O–H groups in total. The highest BCUT2D eigenvalue weighted by Crippen LogP contribution is 2.31. The van der Waals surface area contributed by atoms with Crippen molar-refractivity contribution in [2.75, 3.05) is 36.4 Å². The van der Waals surface area contributed by atoms with Crippen molar-refractivity contribution in [2.45, 2.75) is 0 Å². The molecule has 1 aromatic heterocycles. The van der Waals surface area contributed by atoms with Crippen molar-refractivity contribution < 1.29 is 9.59 Å². The molecule has 2 aromatic carbocycles. The number of carbonyl (C=O) groups excluding carboxylic acids is 2. The van der Waals surface area contributed by atoms with Gasteiger partial charge in [-0.2, -0.15) is 0 Å². The fraction of sp³-hybridized carbons (Fsp3) is 0.182. The summed E-state index contributed by atoms with van der Waals surface area (Å²) in [7, 11) is 0. The van der Waals surface area contributed by atoms with Crippen LogP contribution < -0.4 is 10.2 Å². The van der Waals surface area contributed by atoms with Gasteiger partial charge < -0.3 is 15.1 Å². The third-order valence-electron chi connectivity index (χ3n) is 5.02. The molecule has 9 heteroatoms. The summed E-state index contributed by atoms with van der Waals surface area (Å²) in [5.74, 6) is -0.296. The Bertz CT molecular complexity index is 1110. The number of rotatable bonds is 4. The third kappa shape index (κ3) is 4.99. The number of hydrogen-bond donors (Lipinski definition) is 1. The minimum absolute atomic E-state index is 0.0680. The van der Waals surface area contributed by atoms with Crippen LogP contribution in [0.2, 0.25) is 15.1 Å². The first-order valence-corrected chi connectivity index (χ1v) is 11.6. The Morgan fingerprint density at radius 3 is 2.35 bits per heavy atom. The van der Waals surface area contributed by atoms with E-state index in [9.17, 15) is 9.59 Å². The smallest absolute Gasteiger partial charge is 0.264 e. The van der Waals surface area contributed by atoms with E-state index in [0.29, 0.717) is 52.5 Å². The van der Waals surface area contributed by atoms with E-state index in [2.05, 4.69) is 10.2 Å². The van der Waals surface area contributed by atoms with Crippen LogP contribution in [0, 0.1) is 0 Å². The van der Waals surface area contributed by atoms with Gasteiger partial charge in [0.1, 0.15) is 0 Å². The molecule has 0 bridgehead atoms. The van der Waals surface area contributed by atoms with Crippen LogP contribution in [0.25, 0.3) is 0 Å². The molecule has 1 fully saturated rings. The number of anilines is 2. The zero-order chi connectivity index (χ0) is 22.0. The lowest BCUT2D eigenvalue weighted by Crippen LogP contribution is -2.48. The zero-order valence-electron chi connectivity index (χ0n) is 16.3. The number of nitrogens with one attached hydrogen (secondary N) is 1. The molecule has 1 aliphatic rings. The van der Waals surface area contributed by atoms with Gasteiger partial charge in [0, 0.05) is 36.9 Å². The molecule has 2 heterocycles. The lowest BCUT2D eigenvalue weighted by Gasteiger charge is -2.36. The SMILES string of the molecule is O=C(Nc1ccc(N2CCN(C(=O)c3cccs3)CC2)c(Cl)c1)c1cc(Cl)ccc1Cl. The van der Waals surface area contributed by atoms with Crippen LogP contribution >= 0.6 is 46.1 Å². The molecule has 1 aliphatic heterocycles. The van der Waals surface area contributed by atoms with E-state index >= 15 is 0 Å². The number of amides is 2. The lowest BCUT2D eigenvalue weighted by molar-refractivity contribution is 0.0751. The Morgan fingerprint density at radius 1 is 0.903 bits per heavy atom. The average molecular weight is 495 g/mol. The average Bonchev–Trinajstić information content (AvgIpc) is 3.30. The van der Waals surface area contributed by atoms with Gasteiger partial charge in [-0.1, -0.05) is 40.9 Å². The summed E-state index contributed by atoms with van der Waals surface area (Å²) in [4.78, 5) is 29.8. The molecule has 31 heavy (non-hydrogen) atoms. The Labute approximate surface area is 199 Å². The molecule has 0 spiro atoms. The second-order valence-electron chi connectivity index (χ2n) is 7.00. The molecule has 3 aromatic rings. The van der Waals surface area contributed by atoms with Crippen LogP contribution in [-0.4, -0.2) is 42.9 Å². The molecule has 4 rings (SSSR count). The highest BCUT2D eigenvalue weighted by Gasteiger charge is 2.24. The van der Waals surface area contributed by atoms with Gasteiger partial charge in [0.25, 0.3) is 11.8 Å². The zero-order valence-corrected chi connectivity index (χ0v) is 19.4. The maximum atomic E-state index is 12.5. The van der Waals surface area contributed by atoms with Gasteiger partial charge in [-0.3, -0.25) is 9.59 Å². The second-order valence-corrected chi connectivity index (χ2v) is 9.20. The molecular weight excluding hydrogens is 477 g/mol. The maximum Gasteiger partial charge on any atom is 0.264 e. The standard InChI is InChI=1S/C22H18Cl3N3O2S/c23-14-3-5-17(24)16(12-14)21(29)26-15-4-6-19(18(25)13-15)27-7-9-28(10-8-27)22(30)20-2-1-11-31-20/h1-6,11-13H,7-10H2,(H,26,29). The Morgan fingerprint density at radius 2 is 1.68 bits per heavy atom. The van der Waals surface area contributed by atoms with E-state index in [4.69, 9.17) is 34.8 Å². The highest BCUT2D eigenvalue weighted by atomic mass is 35.5. The topological polar surface area (TPSA) is 52.7 Å². The van der Waals surface area contributed by atoms with E-state index in [1.165, 1.54) is 17.4 Å². The summed E-state index contributed by atoms with van der Waals surface area (Å²) in [6, 6.07) is 13.8. The Hall–Kier alpha value is -2.25. The summed E-state index contributed by atoms with van der Waals surface area (Å²) in [5, 5.41) is 5.98. The van der Waals surface area contributed by atoms with Gasteiger partial charge in [-0.15, -0.1) is 11.3 Å². The van der Waals surface area contributed by atoms with Crippen LogP contribution in [-0.2, 0) is 0 Å². The second kappa shape index (κ2) is 9.49. The van der Waals surface area contributed by atoms with E-state index in [1.807, 2.05) is 28.5 Å². The molecule has 0 atom stereocenters. The van der Waals surface area contributed by atoms with E-state index in [1.54, 1.807) is 24.3 Å². The number of carbonyl (C=O) groups is 2.